The van der Waals surface area contributed by atoms with Crippen molar-refractivity contribution >= 4 is 22.5 Å². The predicted octanol–water partition coefficient (Wildman–Crippen LogP) is 2.75. The van der Waals surface area contributed by atoms with E-state index in [9.17, 15) is 4.39 Å². The van der Waals surface area contributed by atoms with E-state index in [0.717, 1.165) is 54.4 Å². The van der Waals surface area contributed by atoms with Crippen molar-refractivity contribution < 1.29 is 4.39 Å². The van der Waals surface area contributed by atoms with Crippen molar-refractivity contribution in [1.82, 2.24) is 19.7 Å². The van der Waals surface area contributed by atoms with Gasteiger partial charge in [0.25, 0.3) is 0 Å². The molecule has 2 aromatic heterocycles. The largest absolute Gasteiger partial charge is 0.371 e. The molecular weight excluding hydrogens is 319 g/mol. The molecular formula is C18H21FN6. The number of nitrogens with one attached hydrogen (secondary N) is 1. The van der Waals surface area contributed by atoms with E-state index in [-0.39, 0.29) is 5.82 Å². The van der Waals surface area contributed by atoms with Gasteiger partial charge in [-0.15, -0.1) is 0 Å². The summed E-state index contributed by atoms with van der Waals surface area (Å²) in [5, 5.41) is 8.69. The van der Waals surface area contributed by atoms with Crippen LogP contribution in [0.1, 0.15) is 12.2 Å². The van der Waals surface area contributed by atoms with Gasteiger partial charge in [0.1, 0.15) is 17.5 Å². The Bertz CT molecular complexity index is 888. The lowest BCUT2D eigenvalue weighted by Gasteiger charge is -2.19. The predicted molar refractivity (Wildman–Crippen MR) is 96.3 cm³/mol. The fraction of sp³-hybridized carbons (Fsp3) is 0.389. The van der Waals surface area contributed by atoms with Crippen LogP contribution in [0.25, 0.3) is 11.0 Å². The molecule has 1 aromatic carbocycles. The molecule has 0 radical (unpaired) electrons. The molecule has 0 saturated carbocycles. The van der Waals surface area contributed by atoms with Gasteiger partial charge in [0.05, 0.1) is 11.6 Å². The Balaban J connectivity index is 1.43. The summed E-state index contributed by atoms with van der Waals surface area (Å²) in [5.41, 5.74) is 1.92. The van der Waals surface area contributed by atoms with E-state index in [1.54, 1.807) is 10.9 Å². The van der Waals surface area contributed by atoms with Crippen molar-refractivity contribution in [3.63, 3.8) is 0 Å². The standard InChI is InChI=1S/C18H21FN6/c1-12-22-17(16-10-21-24(2)18(16)23-12)20-9-13-7-8-25(11-13)15-5-3-14(19)4-6-15/h3-6,10,13H,7-9,11H2,1-2H3,(H,20,22,23)/t13-/m0/s1. The molecule has 1 aliphatic heterocycles. The Labute approximate surface area is 145 Å². The van der Waals surface area contributed by atoms with Gasteiger partial charge >= 0.3 is 0 Å². The highest BCUT2D eigenvalue weighted by molar-refractivity contribution is 5.86. The molecule has 25 heavy (non-hydrogen) atoms. The van der Waals surface area contributed by atoms with Crippen molar-refractivity contribution in [2.75, 3.05) is 29.9 Å². The number of aryl methyl sites for hydroxylation is 2. The zero-order chi connectivity index (χ0) is 17.4. The maximum absolute atomic E-state index is 13.1. The zero-order valence-electron chi connectivity index (χ0n) is 14.4. The van der Waals surface area contributed by atoms with Crippen LogP contribution in [-0.2, 0) is 7.05 Å². The third-order valence-electron chi connectivity index (χ3n) is 4.74. The van der Waals surface area contributed by atoms with Gasteiger partial charge in [-0.25, -0.2) is 14.4 Å². The zero-order valence-corrected chi connectivity index (χ0v) is 14.4. The fourth-order valence-corrected chi connectivity index (χ4v) is 3.39. The number of nitrogens with zero attached hydrogens (tertiary/aromatic N) is 5. The molecule has 0 amide bonds. The van der Waals surface area contributed by atoms with Crippen molar-refractivity contribution in [3.05, 3.63) is 42.1 Å². The average molecular weight is 340 g/mol. The minimum Gasteiger partial charge on any atom is -0.371 e. The van der Waals surface area contributed by atoms with Crippen LogP contribution in [0.15, 0.2) is 30.5 Å². The van der Waals surface area contributed by atoms with Crippen molar-refractivity contribution in [1.29, 1.82) is 0 Å². The van der Waals surface area contributed by atoms with Crippen LogP contribution in [0.5, 0.6) is 0 Å². The molecule has 0 bridgehead atoms. The van der Waals surface area contributed by atoms with Crippen LogP contribution in [0.4, 0.5) is 15.9 Å². The Morgan fingerprint density at radius 1 is 1.24 bits per heavy atom. The first-order chi connectivity index (χ1) is 12.1. The number of fused-ring (bicyclic) bond motifs is 1. The van der Waals surface area contributed by atoms with Gasteiger partial charge in [0, 0.05) is 32.4 Å². The van der Waals surface area contributed by atoms with Crippen molar-refractivity contribution in [2.24, 2.45) is 13.0 Å². The minimum atomic E-state index is -0.194. The first-order valence-corrected chi connectivity index (χ1v) is 8.51. The third-order valence-corrected chi connectivity index (χ3v) is 4.74. The first kappa shape index (κ1) is 15.8. The molecule has 7 heteroatoms. The van der Waals surface area contributed by atoms with Gasteiger partial charge in [-0.1, -0.05) is 0 Å². The van der Waals surface area contributed by atoms with E-state index in [2.05, 4.69) is 25.3 Å². The molecule has 130 valence electrons. The lowest BCUT2D eigenvalue weighted by atomic mass is 10.1. The van der Waals surface area contributed by atoms with Crippen LogP contribution < -0.4 is 10.2 Å². The molecule has 3 heterocycles. The van der Waals surface area contributed by atoms with Gasteiger partial charge in [0.2, 0.25) is 0 Å². The summed E-state index contributed by atoms with van der Waals surface area (Å²) in [5.74, 6) is 1.90. The molecule has 1 N–H and O–H groups in total. The second kappa shape index (κ2) is 6.31. The van der Waals surface area contributed by atoms with E-state index in [4.69, 9.17) is 0 Å². The van der Waals surface area contributed by atoms with E-state index >= 15 is 0 Å². The Kier molecular flexibility index (Phi) is 3.99. The van der Waals surface area contributed by atoms with E-state index in [1.165, 1.54) is 12.1 Å². The normalized spacial score (nSPS) is 17.4. The van der Waals surface area contributed by atoms with Crippen LogP contribution >= 0.6 is 0 Å². The molecule has 0 unspecified atom stereocenters. The highest BCUT2D eigenvalue weighted by Gasteiger charge is 2.23. The maximum Gasteiger partial charge on any atom is 0.163 e. The molecule has 0 spiro atoms. The summed E-state index contributed by atoms with van der Waals surface area (Å²) in [6.45, 7) is 4.68. The molecule has 1 aliphatic rings. The van der Waals surface area contributed by atoms with E-state index in [1.807, 2.05) is 26.1 Å². The fourth-order valence-electron chi connectivity index (χ4n) is 3.39. The number of rotatable bonds is 4. The molecule has 6 nitrogen and oxygen atoms in total. The van der Waals surface area contributed by atoms with Crippen LogP contribution in [0.3, 0.4) is 0 Å². The highest BCUT2D eigenvalue weighted by atomic mass is 19.1. The molecule has 3 aromatic rings. The first-order valence-electron chi connectivity index (χ1n) is 8.51. The number of aromatic nitrogens is 4. The average Bonchev–Trinajstić information content (AvgIpc) is 3.21. The van der Waals surface area contributed by atoms with Gasteiger partial charge in [-0.2, -0.15) is 5.10 Å². The van der Waals surface area contributed by atoms with Gasteiger partial charge in [0.15, 0.2) is 5.65 Å². The summed E-state index contributed by atoms with van der Waals surface area (Å²) in [6, 6.07) is 6.73. The van der Waals surface area contributed by atoms with Gasteiger partial charge < -0.3 is 10.2 Å². The number of benzene rings is 1. The van der Waals surface area contributed by atoms with Crippen LogP contribution in [0, 0.1) is 18.7 Å². The second-order valence-corrected chi connectivity index (χ2v) is 6.58. The van der Waals surface area contributed by atoms with E-state index < -0.39 is 0 Å². The lowest BCUT2D eigenvalue weighted by molar-refractivity contribution is 0.620. The van der Waals surface area contributed by atoms with Crippen LogP contribution in [0.2, 0.25) is 0 Å². The van der Waals surface area contributed by atoms with Gasteiger partial charge in [-0.3, -0.25) is 4.68 Å². The Hall–Kier alpha value is -2.70. The smallest absolute Gasteiger partial charge is 0.163 e. The van der Waals surface area contributed by atoms with Gasteiger partial charge in [-0.05, 0) is 43.5 Å². The Morgan fingerprint density at radius 3 is 2.84 bits per heavy atom. The minimum absolute atomic E-state index is 0.194. The summed E-state index contributed by atoms with van der Waals surface area (Å²) in [7, 11) is 1.89. The number of anilines is 2. The van der Waals surface area contributed by atoms with E-state index in [0.29, 0.717) is 5.92 Å². The summed E-state index contributed by atoms with van der Waals surface area (Å²) in [4.78, 5) is 11.3. The quantitative estimate of drug-likeness (QED) is 0.791. The van der Waals surface area contributed by atoms with Crippen LogP contribution in [-0.4, -0.2) is 39.4 Å². The molecule has 1 atom stereocenters. The Morgan fingerprint density at radius 2 is 2.04 bits per heavy atom. The monoisotopic (exact) mass is 340 g/mol. The van der Waals surface area contributed by atoms with Crippen molar-refractivity contribution in [3.8, 4) is 0 Å². The molecule has 1 fully saturated rings. The molecule has 4 rings (SSSR count). The molecule has 1 saturated heterocycles. The second-order valence-electron chi connectivity index (χ2n) is 6.58. The highest BCUT2D eigenvalue weighted by Crippen LogP contribution is 2.25. The SMILES string of the molecule is Cc1nc(NC[C@@H]2CCN(c3ccc(F)cc3)C2)c2cnn(C)c2n1. The van der Waals surface area contributed by atoms with Crippen molar-refractivity contribution in [2.45, 2.75) is 13.3 Å². The number of hydrogen-bond acceptors (Lipinski definition) is 5. The third kappa shape index (κ3) is 3.14. The maximum atomic E-state index is 13.1. The lowest BCUT2D eigenvalue weighted by Crippen LogP contribution is -2.22. The summed E-state index contributed by atoms with van der Waals surface area (Å²) < 4.78 is 14.8. The summed E-state index contributed by atoms with van der Waals surface area (Å²) in [6.07, 6.45) is 2.90. The topological polar surface area (TPSA) is 58.9 Å². The number of halogens is 1. The summed E-state index contributed by atoms with van der Waals surface area (Å²) >= 11 is 0. The molecule has 0 aliphatic carbocycles. The number of hydrogen-bond donors (Lipinski definition) is 1.